The number of anilines is 1. The van der Waals surface area contributed by atoms with E-state index in [4.69, 9.17) is 16.2 Å². The van der Waals surface area contributed by atoms with Crippen molar-refractivity contribution < 1.29 is 4.74 Å². The molecular formula is C17H21N5O. The van der Waals surface area contributed by atoms with Gasteiger partial charge in [-0.2, -0.15) is 4.99 Å². The van der Waals surface area contributed by atoms with Crippen molar-refractivity contribution in [3.8, 4) is 5.75 Å². The Bertz CT molecular complexity index is 665. The molecule has 23 heavy (non-hydrogen) atoms. The number of methoxy groups -OCH3 is 1. The number of nitrogens with zero attached hydrogens (tertiary/aromatic N) is 2. The third-order valence-electron chi connectivity index (χ3n) is 3.11. The SMILES string of the molecule is COc1ccc(N/C(N)=N/C(N)=NCCc2ccccc2)cc1. The van der Waals surface area contributed by atoms with Crippen LogP contribution in [0.4, 0.5) is 5.69 Å². The van der Waals surface area contributed by atoms with E-state index in [2.05, 4.69) is 27.4 Å². The van der Waals surface area contributed by atoms with E-state index < -0.39 is 0 Å². The number of benzene rings is 2. The van der Waals surface area contributed by atoms with Crippen LogP contribution in [0.25, 0.3) is 0 Å². The summed E-state index contributed by atoms with van der Waals surface area (Å²) in [7, 11) is 1.62. The van der Waals surface area contributed by atoms with Crippen LogP contribution in [0.1, 0.15) is 5.56 Å². The van der Waals surface area contributed by atoms with Gasteiger partial charge in [-0.05, 0) is 36.2 Å². The molecule has 2 aromatic rings. The van der Waals surface area contributed by atoms with Crippen LogP contribution in [-0.2, 0) is 6.42 Å². The molecule has 6 nitrogen and oxygen atoms in total. The normalized spacial score (nSPS) is 12.0. The second-order valence-corrected chi connectivity index (χ2v) is 4.83. The van der Waals surface area contributed by atoms with E-state index in [1.165, 1.54) is 5.56 Å². The smallest absolute Gasteiger partial charge is 0.218 e. The van der Waals surface area contributed by atoms with Crippen molar-refractivity contribution in [1.29, 1.82) is 0 Å². The molecule has 0 fully saturated rings. The zero-order valence-corrected chi connectivity index (χ0v) is 13.1. The van der Waals surface area contributed by atoms with E-state index in [0.29, 0.717) is 6.54 Å². The molecule has 5 N–H and O–H groups in total. The molecular weight excluding hydrogens is 290 g/mol. The van der Waals surface area contributed by atoms with Gasteiger partial charge in [-0.15, -0.1) is 0 Å². The van der Waals surface area contributed by atoms with Crippen LogP contribution in [-0.4, -0.2) is 25.6 Å². The summed E-state index contributed by atoms with van der Waals surface area (Å²) in [5, 5.41) is 2.94. The van der Waals surface area contributed by atoms with Crippen LogP contribution in [0.5, 0.6) is 5.75 Å². The van der Waals surface area contributed by atoms with Crippen LogP contribution in [0.15, 0.2) is 64.6 Å². The number of guanidine groups is 2. The fourth-order valence-electron chi connectivity index (χ4n) is 1.95. The zero-order valence-electron chi connectivity index (χ0n) is 13.1. The quantitative estimate of drug-likeness (QED) is 0.581. The maximum atomic E-state index is 5.81. The number of hydrogen-bond acceptors (Lipinski definition) is 2. The number of aliphatic imine (C=N–C) groups is 2. The molecule has 0 atom stereocenters. The molecule has 0 aliphatic rings. The van der Waals surface area contributed by atoms with Crippen molar-refractivity contribution in [3.63, 3.8) is 0 Å². The van der Waals surface area contributed by atoms with Gasteiger partial charge in [0.15, 0.2) is 0 Å². The molecule has 0 radical (unpaired) electrons. The summed E-state index contributed by atoms with van der Waals surface area (Å²) in [5.41, 5.74) is 13.6. The Morgan fingerprint density at radius 1 is 1.04 bits per heavy atom. The standard InChI is InChI=1S/C17H21N5O/c1-23-15-9-7-14(8-10-15)21-17(19)22-16(18)20-12-11-13-5-3-2-4-6-13/h2-10H,11-12H2,1H3,(H5,18,19,20,21,22). The highest BCUT2D eigenvalue weighted by molar-refractivity contribution is 6.00. The van der Waals surface area contributed by atoms with Crippen LogP contribution >= 0.6 is 0 Å². The van der Waals surface area contributed by atoms with Crippen molar-refractivity contribution in [2.45, 2.75) is 6.42 Å². The molecule has 0 saturated heterocycles. The highest BCUT2D eigenvalue weighted by Crippen LogP contribution is 2.14. The summed E-state index contributed by atoms with van der Waals surface area (Å²) in [4.78, 5) is 8.22. The Labute approximate surface area is 135 Å². The van der Waals surface area contributed by atoms with E-state index in [-0.39, 0.29) is 11.9 Å². The molecule has 0 saturated carbocycles. The topological polar surface area (TPSA) is 98.0 Å². The monoisotopic (exact) mass is 311 g/mol. The molecule has 0 aromatic heterocycles. The lowest BCUT2D eigenvalue weighted by molar-refractivity contribution is 0.415. The van der Waals surface area contributed by atoms with Crippen molar-refractivity contribution in [3.05, 3.63) is 60.2 Å². The Kier molecular flexibility index (Phi) is 5.99. The number of nitrogens with one attached hydrogen (secondary N) is 1. The van der Waals surface area contributed by atoms with Crippen LogP contribution < -0.4 is 21.5 Å². The van der Waals surface area contributed by atoms with Gasteiger partial charge in [-0.25, -0.2) is 0 Å². The van der Waals surface area contributed by atoms with Gasteiger partial charge in [-0.1, -0.05) is 30.3 Å². The zero-order chi connectivity index (χ0) is 16.5. The molecule has 2 rings (SSSR count). The number of nitrogens with two attached hydrogens (primary N) is 2. The predicted molar refractivity (Wildman–Crippen MR) is 94.9 cm³/mol. The number of rotatable bonds is 5. The van der Waals surface area contributed by atoms with Gasteiger partial charge < -0.3 is 21.5 Å². The lowest BCUT2D eigenvalue weighted by atomic mass is 10.2. The minimum Gasteiger partial charge on any atom is -0.497 e. The Hall–Kier alpha value is -3.02. The molecule has 2 aromatic carbocycles. The third-order valence-corrected chi connectivity index (χ3v) is 3.11. The summed E-state index contributed by atoms with van der Waals surface area (Å²) in [6, 6.07) is 17.4. The average Bonchev–Trinajstić information content (AvgIpc) is 2.56. The van der Waals surface area contributed by atoms with Crippen LogP contribution in [0.2, 0.25) is 0 Å². The molecule has 0 aliphatic carbocycles. The fourth-order valence-corrected chi connectivity index (χ4v) is 1.95. The van der Waals surface area contributed by atoms with Crippen LogP contribution in [0, 0.1) is 0 Å². The van der Waals surface area contributed by atoms with Gasteiger partial charge >= 0.3 is 0 Å². The van der Waals surface area contributed by atoms with E-state index in [9.17, 15) is 0 Å². The average molecular weight is 311 g/mol. The van der Waals surface area contributed by atoms with E-state index in [0.717, 1.165) is 17.9 Å². The predicted octanol–water partition coefficient (Wildman–Crippen LogP) is 1.98. The van der Waals surface area contributed by atoms with E-state index in [1.54, 1.807) is 7.11 Å². The van der Waals surface area contributed by atoms with Gasteiger partial charge in [0.05, 0.1) is 7.11 Å². The Morgan fingerprint density at radius 3 is 2.39 bits per heavy atom. The van der Waals surface area contributed by atoms with Gasteiger partial charge in [0.2, 0.25) is 11.9 Å². The van der Waals surface area contributed by atoms with E-state index >= 15 is 0 Å². The highest BCUT2D eigenvalue weighted by Gasteiger charge is 1.98. The highest BCUT2D eigenvalue weighted by atomic mass is 16.5. The summed E-state index contributed by atoms with van der Waals surface area (Å²) < 4.78 is 5.09. The molecule has 0 heterocycles. The molecule has 0 aliphatic heterocycles. The minimum absolute atomic E-state index is 0.152. The minimum atomic E-state index is 0.152. The summed E-state index contributed by atoms with van der Waals surface area (Å²) in [5.74, 6) is 1.11. The number of ether oxygens (including phenoxy) is 1. The maximum absolute atomic E-state index is 5.81. The summed E-state index contributed by atoms with van der Waals surface area (Å²) in [6.07, 6.45) is 0.808. The first-order chi connectivity index (χ1) is 11.2. The lowest BCUT2D eigenvalue weighted by Gasteiger charge is -2.06. The third kappa shape index (κ3) is 5.70. The molecule has 0 spiro atoms. The first-order valence-corrected chi connectivity index (χ1v) is 7.26. The molecule has 0 bridgehead atoms. The molecule has 6 heteroatoms. The van der Waals surface area contributed by atoms with Gasteiger partial charge in [0.25, 0.3) is 0 Å². The first kappa shape index (κ1) is 16.4. The van der Waals surface area contributed by atoms with Gasteiger partial charge in [0, 0.05) is 12.2 Å². The van der Waals surface area contributed by atoms with Crippen molar-refractivity contribution in [2.24, 2.45) is 21.5 Å². The van der Waals surface area contributed by atoms with Gasteiger partial charge in [0.1, 0.15) is 5.75 Å². The van der Waals surface area contributed by atoms with Crippen molar-refractivity contribution >= 4 is 17.6 Å². The Balaban J connectivity index is 1.87. The lowest BCUT2D eigenvalue weighted by Crippen LogP contribution is -2.26. The summed E-state index contributed by atoms with van der Waals surface area (Å²) >= 11 is 0. The molecule has 0 amide bonds. The fraction of sp³-hybridized carbons (Fsp3) is 0.176. The first-order valence-electron chi connectivity index (χ1n) is 7.26. The number of hydrogen-bond donors (Lipinski definition) is 3. The summed E-state index contributed by atoms with van der Waals surface area (Å²) in [6.45, 7) is 0.565. The maximum Gasteiger partial charge on any atom is 0.218 e. The van der Waals surface area contributed by atoms with Crippen molar-refractivity contribution in [2.75, 3.05) is 19.0 Å². The second kappa shape index (κ2) is 8.43. The van der Waals surface area contributed by atoms with Gasteiger partial charge in [-0.3, -0.25) is 4.99 Å². The Morgan fingerprint density at radius 2 is 1.74 bits per heavy atom. The van der Waals surface area contributed by atoms with Crippen molar-refractivity contribution in [1.82, 2.24) is 0 Å². The largest absolute Gasteiger partial charge is 0.497 e. The molecule has 120 valence electrons. The van der Waals surface area contributed by atoms with Crippen LogP contribution in [0.3, 0.4) is 0 Å². The van der Waals surface area contributed by atoms with E-state index in [1.807, 2.05) is 42.5 Å². The second-order valence-electron chi connectivity index (χ2n) is 4.83. The molecule has 0 unspecified atom stereocenters.